The van der Waals surface area contributed by atoms with E-state index in [9.17, 15) is 13.6 Å². The fourth-order valence-corrected chi connectivity index (χ4v) is 3.00. The van der Waals surface area contributed by atoms with Crippen molar-refractivity contribution in [2.45, 2.75) is 32.0 Å². The monoisotopic (exact) mass is 403 g/mol. The van der Waals surface area contributed by atoms with Crippen LogP contribution in [0.5, 0.6) is 0 Å². The fourth-order valence-electron chi connectivity index (χ4n) is 2.88. The molecule has 1 saturated carbocycles. The number of hydrogen-bond acceptors (Lipinski definition) is 4. The summed E-state index contributed by atoms with van der Waals surface area (Å²) >= 11 is 5.87. The zero-order chi connectivity index (χ0) is 19.7. The van der Waals surface area contributed by atoms with E-state index in [4.69, 9.17) is 11.6 Å². The SMILES string of the molecule is O=C(Cn1nnc(-c2ccc(Cl)cc2)n1)N(Cc1ccc(F)cc1F)C1CC1. The molecule has 0 aliphatic heterocycles. The van der Waals surface area contributed by atoms with Crippen LogP contribution in [0, 0.1) is 11.6 Å². The second-order valence-electron chi connectivity index (χ2n) is 6.64. The van der Waals surface area contributed by atoms with Crippen LogP contribution in [0.15, 0.2) is 42.5 Å². The van der Waals surface area contributed by atoms with Crippen LogP contribution in [0.4, 0.5) is 8.78 Å². The Labute approximate surface area is 164 Å². The Balaban J connectivity index is 1.47. The molecule has 0 spiro atoms. The summed E-state index contributed by atoms with van der Waals surface area (Å²) in [7, 11) is 0. The Bertz CT molecular complexity index is 1000. The molecule has 0 radical (unpaired) electrons. The minimum absolute atomic E-state index is 0.0520. The van der Waals surface area contributed by atoms with Crippen molar-refractivity contribution in [1.82, 2.24) is 25.1 Å². The molecule has 2 aromatic carbocycles. The van der Waals surface area contributed by atoms with Gasteiger partial charge in [0.15, 0.2) is 0 Å². The molecule has 3 aromatic rings. The van der Waals surface area contributed by atoms with E-state index in [1.54, 1.807) is 29.2 Å². The molecular weight excluding hydrogens is 388 g/mol. The molecule has 144 valence electrons. The Morgan fingerprint density at radius 3 is 2.61 bits per heavy atom. The van der Waals surface area contributed by atoms with E-state index < -0.39 is 11.6 Å². The van der Waals surface area contributed by atoms with Crippen molar-refractivity contribution in [2.24, 2.45) is 0 Å². The van der Waals surface area contributed by atoms with Gasteiger partial charge in [0.2, 0.25) is 11.7 Å². The average molecular weight is 404 g/mol. The van der Waals surface area contributed by atoms with E-state index in [0.29, 0.717) is 10.8 Å². The number of rotatable bonds is 6. The number of nitrogens with zero attached hydrogens (tertiary/aromatic N) is 5. The van der Waals surface area contributed by atoms with Crippen molar-refractivity contribution in [2.75, 3.05) is 0 Å². The lowest BCUT2D eigenvalue weighted by atomic mass is 10.2. The first-order chi connectivity index (χ1) is 13.5. The number of carbonyl (C=O) groups excluding carboxylic acids is 1. The third-order valence-corrected chi connectivity index (χ3v) is 4.75. The molecule has 28 heavy (non-hydrogen) atoms. The van der Waals surface area contributed by atoms with Gasteiger partial charge in [-0.05, 0) is 48.4 Å². The molecule has 9 heteroatoms. The third-order valence-electron chi connectivity index (χ3n) is 4.50. The number of tetrazole rings is 1. The lowest BCUT2D eigenvalue weighted by molar-refractivity contribution is -0.133. The van der Waals surface area contributed by atoms with Crippen LogP contribution in [0.1, 0.15) is 18.4 Å². The molecule has 0 unspecified atom stereocenters. The molecule has 1 aliphatic rings. The molecule has 6 nitrogen and oxygen atoms in total. The molecule has 1 amide bonds. The van der Waals surface area contributed by atoms with Crippen molar-refractivity contribution in [3.63, 3.8) is 0 Å². The predicted octanol–water partition coefficient (Wildman–Crippen LogP) is 3.46. The Morgan fingerprint density at radius 2 is 1.93 bits per heavy atom. The normalized spacial score (nSPS) is 13.5. The molecule has 1 fully saturated rings. The summed E-state index contributed by atoms with van der Waals surface area (Å²) < 4.78 is 27.1. The van der Waals surface area contributed by atoms with Crippen molar-refractivity contribution in [1.29, 1.82) is 0 Å². The van der Waals surface area contributed by atoms with Crippen LogP contribution in [-0.2, 0) is 17.9 Å². The molecule has 1 heterocycles. The van der Waals surface area contributed by atoms with E-state index in [0.717, 1.165) is 24.5 Å². The van der Waals surface area contributed by atoms with Gasteiger partial charge in [-0.15, -0.1) is 10.2 Å². The molecule has 0 atom stereocenters. The van der Waals surface area contributed by atoms with Crippen molar-refractivity contribution in [3.8, 4) is 11.4 Å². The Hall–Kier alpha value is -2.87. The van der Waals surface area contributed by atoms with Gasteiger partial charge in [0.25, 0.3) is 0 Å². The minimum atomic E-state index is -0.664. The van der Waals surface area contributed by atoms with Gasteiger partial charge in [-0.1, -0.05) is 17.7 Å². The molecule has 1 aliphatic carbocycles. The van der Waals surface area contributed by atoms with Crippen LogP contribution >= 0.6 is 11.6 Å². The average Bonchev–Trinajstić information content (AvgIpc) is 3.40. The zero-order valence-electron chi connectivity index (χ0n) is 14.7. The highest BCUT2D eigenvalue weighted by atomic mass is 35.5. The third kappa shape index (κ3) is 4.17. The van der Waals surface area contributed by atoms with E-state index in [1.807, 2.05) is 0 Å². The van der Waals surface area contributed by atoms with Crippen LogP contribution in [-0.4, -0.2) is 37.1 Å². The minimum Gasteiger partial charge on any atom is -0.334 e. The highest BCUT2D eigenvalue weighted by molar-refractivity contribution is 6.30. The van der Waals surface area contributed by atoms with Gasteiger partial charge < -0.3 is 4.90 Å². The summed E-state index contributed by atoms with van der Waals surface area (Å²) in [4.78, 5) is 15.5. The summed E-state index contributed by atoms with van der Waals surface area (Å²) in [6.07, 6.45) is 1.71. The van der Waals surface area contributed by atoms with Crippen LogP contribution < -0.4 is 0 Å². The van der Waals surface area contributed by atoms with Crippen LogP contribution in [0.2, 0.25) is 5.02 Å². The van der Waals surface area contributed by atoms with Gasteiger partial charge in [-0.25, -0.2) is 8.78 Å². The number of hydrogen-bond donors (Lipinski definition) is 0. The van der Waals surface area contributed by atoms with Gasteiger partial charge in [0.05, 0.1) is 0 Å². The number of halogens is 3. The lowest BCUT2D eigenvalue weighted by Crippen LogP contribution is -2.36. The van der Waals surface area contributed by atoms with Crippen molar-refractivity contribution >= 4 is 17.5 Å². The quantitative estimate of drug-likeness (QED) is 0.632. The smallest absolute Gasteiger partial charge is 0.246 e. The van der Waals surface area contributed by atoms with Gasteiger partial charge in [-0.3, -0.25) is 4.79 Å². The molecule has 4 rings (SSSR count). The fraction of sp³-hybridized carbons (Fsp3) is 0.263. The van der Waals surface area contributed by atoms with E-state index in [2.05, 4.69) is 15.4 Å². The molecule has 1 aromatic heterocycles. The van der Waals surface area contributed by atoms with Gasteiger partial charge in [0.1, 0.15) is 18.2 Å². The first-order valence-corrected chi connectivity index (χ1v) is 9.14. The van der Waals surface area contributed by atoms with Gasteiger partial charge in [-0.2, -0.15) is 4.80 Å². The second kappa shape index (κ2) is 7.63. The molecule has 0 N–H and O–H groups in total. The number of amides is 1. The predicted molar refractivity (Wildman–Crippen MR) is 98.2 cm³/mol. The van der Waals surface area contributed by atoms with Crippen molar-refractivity contribution < 1.29 is 13.6 Å². The summed E-state index contributed by atoms with van der Waals surface area (Å²) in [5.41, 5.74) is 1.01. The summed E-state index contributed by atoms with van der Waals surface area (Å²) in [6.45, 7) is -0.0335. The van der Waals surface area contributed by atoms with E-state index >= 15 is 0 Å². The number of aromatic nitrogens is 4. The summed E-state index contributed by atoms with van der Waals surface area (Å²) in [5.74, 6) is -1.17. The van der Waals surface area contributed by atoms with Crippen molar-refractivity contribution in [3.05, 3.63) is 64.7 Å². The maximum Gasteiger partial charge on any atom is 0.246 e. The van der Waals surface area contributed by atoms with Crippen LogP contribution in [0.25, 0.3) is 11.4 Å². The van der Waals surface area contributed by atoms with E-state index in [1.165, 1.54) is 16.9 Å². The first kappa shape index (κ1) is 18.5. The highest BCUT2D eigenvalue weighted by Gasteiger charge is 2.33. The van der Waals surface area contributed by atoms with E-state index in [-0.39, 0.29) is 30.6 Å². The number of benzene rings is 2. The zero-order valence-corrected chi connectivity index (χ0v) is 15.5. The Kier molecular flexibility index (Phi) is 5.04. The van der Waals surface area contributed by atoms with Crippen LogP contribution in [0.3, 0.4) is 0 Å². The van der Waals surface area contributed by atoms with Gasteiger partial charge in [0, 0.05) is 34.8 Å². The summed E-state index contributed by atoms with van der Waals surface area (Å²) in [6, 6.07) is 10.4. The maximum atomic E-state index is 14.0. The second-order valence-corrected chi connectivity index (χ2v) is 7.08. The first-order valence-electron chi connectivity index (χ1n) is 8.77. The van der Waals surface area contributed by atoms with Gasteiger partial charge >= 0.3 is 0 Å². The number of carbonyl (C=O) groups is 1. The summed E-state index contributed by atoms with van der Waals surface area (Å²) in [5, 5.41) is 12.7. The largest absolute Gasteiger partial charge is 0.334 e. The highest BCUT2D eigenvalue weighted by Crippen LogP contribution is 2.29. The molecule has 0 bridgehead atoms. The Morgan fingerprint density at radius 1 is 1.18 bits per heavy atom. The maximum absolute atomic E-state index is 14.0. The molecular formula is C19H16ClF2N5O. The molecule has 0 saturated heterocycles. The topological polar surface area (TPSA) is 63.9 Å². The lowest BCUT2D eigenvalue weighted by Gasteiger charge is -2.22. The standard InChI is InChI=1S/C19H16ClF2N5O/c20-14-4-1-12(2-5-14)19-23-25-27(24-19)11-18(28)26(16-7-8-16)10-13-3-6-15(21)9-17(13)22/h1-6,9,16H,7-8,10-11H2.